The molecular weight excluding hydrogens is 340 g/mol. The van der Waals surface area contributed by atoms with E-state index < -0.39 is 0 Å². The molecule has 0 atom stereocenters. The molecule has 0 aliphatic heterocycles. The number of hydrogen-bond donors (Lipinski definition) is 2. The quantitative estimate of drug-likeness (QED) is 0.663. The van der Waals surface area contributed by atoms with Gasteiger partial charge in [0.2, 0.25) is 5.95 Å². The summed E-state index contributed by atoms with van der Waals surface area (Å²) in [7, 11) is 0. The van der Waals surface area contributed by atoms with Gasteiger partial charge in [0.1, 0.15) is 5.69 Å². The van der Waals surface area contributed by atoms with E-state index in [0.717, 1.165) is 11.3 Å². The molecule has 6 nitrogen and oxygen atoms in total. The fourth-order valence-electron chi connectivity index (χ4n) is 2.59. The summed E-state index contributed by atoms with van der Waals surface area (Å²) in [6.45, 7) is 5.23. The smallest absolute Gasteiger partial charge is 0.274 e. The highest BCUT2D eigenvalue weighted by atomic mass is 16.2. The van der Waals surface area contributed by atoms with Crippen LogP contribution in [0.25, 0.3) is 0 Å². The van der Waals surface area contributed by atoms with Crippen molar-refractivity contribution in [3.8, 4) is 0 Å². The Balaban J connectivity index is 1.84. The molecule has 136 valence electrons. The molecule has 0 spiro atoms. The molecule has 0 unspecified atom stereocenters. The van der Waals surface area contributed by atoms with Crippen molar-refractivity contribution in [1.29, 1.82) is 0 Å². The zero-order valence-corrected chi connectivity index (χ0v) is 15.4. The number of carbonyl (C=O) groups excluding carboxylic acids is 2. The van der Waals surface area contributed by atoms with E-state index in [0.29, 0.717) is 22.9 Å². The maximum absolute atomic E-state index is 12.6. The molecule has 27 heavy (non-hydrogen) atoms. The van der Waals surface area contributed by atoms with Crippen LogP contribution >= 0.6 is 0 Å². The zero-order chi connectivity index (χ0) is 19.4. The predicted molar refractivity (Wildman–Crippen MR) is 106 cm³/mol. The summed E-state index contributed by atoms with van der Waals surface area (Å²) in [5, 5.41) is 5.92. The van der Waals surface area contributed by atoms with Crippen LogP contribution in [0.15, 0.2) is 54.6 Å². The van der Waals surface area contributed by atoms with Crippen LogP contribution in [0.5, 0.6) is 0 Å². The van der Waals surface area contributed by atoms with Gasteiger partial charge in [0.15, 0.2) is 5.78 Å². The summed E-state index contributed by atoms with van der Waals surface area (Å²) < 4.78 is 0. The maximum Gasteiger partial charge on any atom is 0.274 e. The molecular formula is C21H20N4O2. The molecule has 2 N–H and O–H groups in total. The minimum atomic E-state index is -0.310. The molecule has 6 heteroatoms. The normalized spacial score (nSPS) is 10.3. The van der Waals surface area contributed by atoms with Gasteiger partial charge in [-0.1, -0.05) is 30.3 Å². The molecule has 1 aromatic heterocycles. The molecule has 0 saturated heterocycles. The molecule has 0 aliphatic rings. The Hall–Kier alpha value is -3.54. The average molecular weight is 360 g/mol. The topological polar surface area (TPSA) is 84.0 Å². The molecule has 0 radical (unpaired) electrons. The van der Waals surface area contributed by atoms with Crippen LogP contribution in [0, 0.1) is 13.8 Å². The third-order valence-corrected chi connectivity index (χ3v) is 4.01. The van der Waals surface area contributed by atoms with E-state index in [1.807, 2.05) is 37.3 Å². The van der Waals surface area contributed by atoms with Gasteiger partial charge in [0, 0.05) is 22.6 Å². The van der Waals surface area contributed by atoms with Crippen LogP contribution in [0.1, 0.15) is 39.0 Å². The van der Waals surface area contributed by atoms with Crippen molar-refractivity contribution in [2.45, 2.75) is 20.8 Å². The predicted octanol–water partition coefficient (Wildman–Crippen LogP) is 4.29. The Labute approximate surface area is 157 Å². The molecule has 1 amide bonds. The van der Waals surface area contributed by atoms with Crippen LogP contribution in [0.4, 0.5) is 17.3 Å². The number of Topliss-reactive ketones (excluding diaryl/α,β-unsaturated/α-hetero) is 1. The highest BCUT2D eigenvalue weighted by molar-refractivity contribution is 6.03. The van der Waals surface area contributed by atoms with Gasteiger partial charge in [0.05, 0.1) is 0 Å². The van der Waals surface area contributed by atoms with Gasteiger partial charge < -0.3 is 10.6 Å². The number of benzene rings is 2. The largest absolute Gasteiger partial charge is 0.324 e. The van der Waals surface area contributed by atoms with E-state index in [9.17, 15) is 9.59 Å². The first-order chi connectivity index (χ1) is 12.9. The fraction of sp³-hybridized carbons (Fsp3) is 0.143. The standard InChI is InChI=1S/C21H20N4O2/c1-13-7-4-5-10-18(13)24-20(27)19-11-14(2)22-21(25-19)23-17-9-6-8-16(12-17)15(3)26/h4-12H,1-3H3,(H,24,27)(H,22,23,25). The van der Waals surface area contributed by atoms with Crippen molar-refractivity contribution >= 4 is 29.0 Å². The Morgan fingerprint density at radius 3 is 2.44 bits per heavy atom. The SMILES string of the molecule is CC(=O)c1cccc(Nc2nc(C)cc(C(=O)Nc3ccccc3C)n2)c1. The molecule has 2 aromatic carbocycles. The third-order valence-electron chi connectivity index (χ3n) is 4.01. The lowest BCUT2D eigenvalue weighted by Gasteiger charge is -2.10. The molecule has 0 saturated carbocycles. The number of nitrogens with one attached hydrogen (secondary N) is 2. The summed E-state index contributed by atoms with van der Waals surface area (Å²) >= 11 is 0. The number of anilines is 3. The number of carbonyl (C=O) groups is 2. The third kappa shape index (κ3) is 4.55. The summed E-state index contributed by atoms with van der Waals surface area (Å²) in [4.78, 5) is 32.8. The number of para-hydroxylation sites is 1. The first kappa shape index (κ1) is 18.3. The fourth-order valence-corrected chi connectivity index (χ4v) is 2.59. The van der Waals surface area contributed by atoms with E-state index in [-0.39, 0.29) is 17.4 Å². The Morgan fingerprint density at radius 1 is 0.926 bits per heavy atom. The van der Waals surface area contributed by atoms with Crippen LogP contribution in [0.3, 0.4) is 0 Å². The van der Waals surface area contributed by atoms with Gasteiger partial charge in [-0.3, -0.25) is 9.59 Å². The molecule has 0 aliphatic carbocycles. The van der Waals surface area contributed by atoms with E-state index in [1.165, 1.54) is 6.92 Å². The number of nitrogens with zero attached hydrogens (tertiary/aromatic N) is 2. The minimum Gasteiger partial charge on any atom is -0.324 e. The maximum atomic E-state index is 12.6. The first-order valence-corrected chi connectivity index (χ1v) is 8.53. The molecule has 0 fully saturated rings. The number of aromatic nitrogens is 2. The number of aryl methyl sites for hydroxylation is 2. The van der Waals surface area contributed by atoms with Crippen LogP contribution in [-0.4, -0.2) is 21.7 Å². The van der Waals surface area contributed by atoms with E-state index >= 15 is 0 Å². The molecule has 0 bridgehead atoms. The van der Waals surface area contributed by atoms with Crippen molar-refractivity contribution in [1.82, 2.24) is 9.97 Å². The molecule has 3 aromatic rings. The Morgan fingerprint density at radius 2 is 1.70 bits per heavy atom. The summed E-state index contributed by atoms with van der Waals surface area (Å²) in [6, 6.07) is 16.2. The highest BCUT2D eigenvalue weighted by Crippen LogP contribution is 2.18. The lowest BCUT2D eigenvalue weighted by molar-refractivity contribution is 0.101. The van der Waals surface area contributed by atoms with Gasteiger partial charge >= 0.3 is 0 Å². The number of amides is 1. The van der Waals surface area contributed by atoms with E-state index in [1.54, 1.807) is 31.2 Å². The van der Waals surface area contributed by atoms with Crippen molar-refractivity contribution in [3.63, 3.8) is 0 Å². The van der Waals surface area contributed by atoms with Gasteiger partial charge in [-0.15, -0.1) is 0 Å². The second-order valence-electron chi connectivity index (χ2n) is 6.25. The van der Waals surface area contributed by atoms with Crippen LogP contribution in [-0.2, 0) is 0 Å². The van der Waals surface area contributed by atoms with Crippen molar-refractivity contribution < 1.29 is 9.59 Å². The highest BCUT2D eigenvalue weighted by Gasteiger charge is 2.12. The van der Waals surface area contributed by atoms with Crippen LogP contribution < -0.4 is 10.6 Å². The lowest BCUT2D eigenvalue weighted by Crippen LogP contribution is -2.16. The van der Waals surface area contributed by atoms with Crippen molar-refractivity contribution in [3.05, 3.63) is 77.1 Å². The number of ketones is 1. The van der Waals surface area contributed by atoms with Crippen LogP contribution in [0.2, 0.25) is 0 Å². The number of hydrogen-bond acceptors (Lipinski definition) is 5. The monoisotopic (exact) mass is 360 g/mol. The number of rotatable bonds is 5. The lowest BCUT2D eigenvalue weighted by atomic mass is 10.1. The Bertz CT molecular complexity index is 1010. The summed E-state index contributed by atoms with van der Waals surface area (Å²) in [5.74, 6) is -0.0388. The minimum absolute atomic E-state index is 0.0258. The summed E-state index contributed by atoms with van der Waals surface area (Å²) in [6.07, 6.45) is 0. The second kappa shape index (κ2) is 7.78. The van der Waals surface area contributed by atoms with E-state index in [2.05, 4.69) is 20.6 Å². The van der Waals surface area contributed by atoms with E-state index in [4.69, 9.17) is 0 Å². The molecule has 3 rings (SSSR count). The van der Waals surface area contributed by atoms with Gasteiger partial charge in [0.25, 0.3) is 5.91 Å². The first-order valence-electron chi connectivity index (χ1n) is 8.53. The van der Waals surface area contributed by atoms with Crippen molar-refractivity contribution in [2.75, 3.05) is 10.6 Å². The second-order valence-corrected chi connectivity index (χ2v) is 6.25. The average Bonchev–Trinajstić information content (AvgIpc) is 2.63. The van der Waals surface area contributed by atoms with Gasteiger partial charge in [-0.2, -0.15) is 0 Å². The molecule has 1 heterocycles. The Kier molecular flexibility index (Phi) is 5.26. The van der Waals surface area contributed by atoms with Crippen molar-refractivity contribution in [2.24, 2.45) is 0 Å². The zero-order valence-electron chi connectivity index (χ0n) is 15.4. The summed E-state index contributed by atoms with van der Waals surface area (Å²) in [5.41, 5.74) is 3.89. The van der Waals surface area contributed by atoms with Gasteiger partial charge in [-0.05, 0) is 50.6 Å². The van der Waals surface area contributed by atoms with Gasteiger partial charge in [-0.25, -0.2) is 9.97 Å².